The molecule has 2 aromatic rings. The summed E-state index contributed by atoms with van der Waals surface area (Å²) in [6, 6.07) is 1.43. The van der Waals surface area contributed by atoms with Gasteiger partial charge in [-0.3, -0.25) is 10.1 Å². The number of carbonyl (C=O) groups is 3. The van der Waals surface area contributed by atoms with E-state index in [9.17, 15) is 14.4 Å². The Morgan fingerprint density at radius 2 is 2.00 bits per heavy atom. The van der Waals surface area contributed by atoms with E-state index in [1.54, 1.807) is 17.4 Å². The smallest absolute Gasteiger partial charge is 0.341 e. The second-order valence-corrected chi connectivity index (χ2v) is 8.32. The normalized spacial score (nSPS) is 17.3. The molecule has 152 valence electrons. The molecule has 1 aliphatic carbocycles. The SMILES string of the molecule is CCOC(=O)c1c(-n2c(C)cc(/C=C3\NC(=O)NC3=O)c2C)sc2c1CCCC2. The minimum absolute atomic E-state index is 0.214. The Hall–Kier alpha value is -2.87. The molecule has 1 fully saturated rings. The van der Waals surface area contributed by atoms with E-state index in [-0.39, 0.29) is 11.7 Å². The zero-order valence-corrected chi connectivity index (χ0v) is 17.5. The molecule has 1 aliphatic heterocycles. The fourth-order valence-electron chi connectivity index (χ4n) is 4.01. The molecule has 3 heterocycles. The number of nitrogens with one attached hydrogen (secondary N) is 2. The summed E-state index contributed by atoms with van der Waals surface area (Å²) in [6.45, 7) is 6.06. The van der Waals surface area contributed by atoms with Crippen molar-refractivity contribution >= 4 is 35.3 Å². The lowest BCUT2D eigenvalue weighted by molar-refractivity contribution is -0.115. The van der Waals surface area contributed by atoms with Crippen molar-refractivity contribution in [1.29, 1.82) is 0 Å². The molecule has 2 N–H and O–H groups in total. The van der Waals surface area contributed by atoms with E-state index in [2.05, 4.69) is 15.2 Å². The maximum Gasteiger partial charge on any atom is 0.341 e. The number of rotatable bonds is 4. The van der Waals surface area contributed by atoms with E-state index in [0.717, 1.165) is 53.2 Å². The molecule has 29 heavy (non-hydrogen) atoms. The van der Waals surface area contributed by atoms with Gasteiger partial charge in [-0.1, -0.05) is 0 Å². The average molecular weight is 413 g/mol. The molecular formula is C21H23N3O4S. The highest BCUT2D eigenvalue weighted by Crippen LogP contribution is 2.39. The van der Waals surface area contributed by atoms with Crippen molar-refractivity contribution in [3.05, 3.63) is 44.7 Å². The molecule has 0 atom stereocenters. The molecule has 7 nitrogen and oxygen atoms in total. The molecule has 0 bridgehead atoms. The van der Waals surface area contributed by atoms with E-state index < -0.39 is 11.9 Å². The topological polar surface area (TPSA) is 89.4 Å². The minimum atomic E-state index is -0.523. The molecule has 0 unspecified atom stereocenters. The molecule has 0 spiro atoms. The third kappa shape index (κ3) is 3.37. The van der Waals surface area contributed by atoms with Crippen molar-refractivity contribution in [3.63, 3.8) is 0 Å². The predicted octanol–water partition coefficient (Wildman–Crippen LogP) is 3.39. The maximum absolute atomic E-state index is 12.8. The van der Waals surface area contributed by atoms with Gasteiger partial charge in [-0.15, -0.1) is 11.3 Å². The standard InChI is InChI=1S/C21H23N3O4S/c1-4-28-20(26)17-14-7-5-6-8-16(14)29-19(17)24-11(2)9-13(12(24)3)10-15-18(25)23-21(27)22-15/h9-10H,4-8H2,1-3H3,(H2,22,23,25,27)/b15-10-. The predicted molar refractivity (Wildman–Crippen MR) is 110 cm³/mol. The van der Waals surface area contributed by atoms with Gasteiger partial charge in [-0.05, 0) is 69.7 Å². The monoisotopic (exact) mass is 413 g/mol. The lowest BCUT2D eigenvalue weighted by atomic mass is 9.95. The number of hydrogen-bond donors (Lipinski definition) is 2. The number of carbonyl (C=O) groups excluding carboxylic acids is 3. The number of aromatic nitrogens is 1. The van der Waals surface area contributed by atoms with Gasteiger partial charge < -0.3 is 14.6 Å². The first-order chi connectivity index (χ1) is 13.9. The number of aryl methyl sites for hydroxylation is 2. The third-order valence-electron chi connectivity index (χ3n) is 5.33. The van der Waals surface area contributed by atoms with Crippen LogP contribution in [0.3, 0.4) is 0 Å². The van der Waals surface area contributed by atoms with E-state index in [0.29, 0.717) is 12.2 Å². The molecule has 2 aliphatic rings. The zero-order valence-electron chi connectivity index (χ0n) is 16.7. The van der Waals surface area contributed by atoms with E-state index in [4.69, 9.17) is 4.74 Å². The van der Waals surface area contributed by atoms with Gasteiger partial charge in [0.15, 0.2) is 0 Å². The van der Waals surface area contributed by atoms with Gasteiger partial charge in [0.1, 0.15) is 10.7 Å². The quantitative estimate of drug-likeness (QED) is 0.457. The second kappa shape index (κ2) is 7.51. The Bertz CT molecular complexity index is 1060. The van der Waals surface area contributed by atoms with Crippen LogP contribution >= 0.6 is 11.3 Å². The third-order valence-corrected chi connectivity index (χ3v) is 6.60. The zero-order chi connectivity index (χ0) is 20.7. The van der Waals surface area contributed by atoms with Crippen molar-refractivity contribution in [2.45, 2.75) is 46.5 Å². The van der Waals surface area contributed by atoms with Crippen LogP contribution in [0.25, 0.3) is 11.1 Å². The Morgan fingerprint density at radius 1 is 1.24 bits per heavy atom. The van der Waals surface area contributed by atoms with Crippen LogP contribution in [0, 0.1) is 13.8 Å². The Labute approximate surface area is 172 Å². The first-order valence-electron chi connectivity index (χ1n) is 9.75. The molecule has 0 saturated carbocycles. The molecule has 1 saturated heterocycles. The summed E-state index contributed by atoms with van der Waals surface area (Å²) in [4.78, 5) is 37.3. The van der Waals surface area contributed by atoms with Crippen LogP contribution in [0.5, 0.6) is 0 Å². The van der Waals surface area contributed by atoms with Gasteiger partial charge in [0.2, 0.25) is 0 Å². The van der Waals surface area contributed by atoms with Crippen molar-refractivity contribution in [2.75, 3.05) is 6.61 Å². The van der Waals surface area contributed by atoms with Crippen LogP contribution in [-0.4, -0.2) is 29.1 Å². The molecule has 2 aromatic heterocycles. The van der Waals surface area contributed by atoms with Crippen LogP contribution < -0.4 is 10.6 Å². The van der Waals surface area contributed by atoms with Crippen molar-refractivity contribution in [1.82, 2.24) is 15.2 Å². The Morgan fingerprint density at radius 3 is 2.69 bits per heavy atom. The van der Waals surface area contributed by atoms with Gasteiger partial charge in [-0.2, -0.15) is 0 Å². The number of amides is 3. The van der Waals surface area contributed by atoms with Crippen molar-refractivity contribution in [3.8, 4) is 5.00 Å². The number of thiophene rings is 1. The van der Waals surface area contributed by atoms with Crippen LogP contribution in [0.1, 0.15) is 57.5 Å². The average Bonchev–Trinajstić information content (AvgIpc) is 3.28. The largest absolute Gasteiger partial charge is 0.462 e. The number of urea groups is 1. The highest BCUT2D eigenvalue weighted by Gasteiger charge is 2.29. The van der Waals surface area contributed by atoms with Gasteiger partial charge in [0.05, 0.1) is 12.2 Å². The van der Waals surface area contributed by atoms with E-state index in [1.165, 1.54) is 4.88 Å². The lowest BCUT2D eigenvalue weighted by Crippen LogP contribution is -2.22. The van der Waals surface area contributed by atoms with Gasteiger partial charge in [0.25, 0.3) is 5.91 Å². The van der Waals surface area contributed by atoms with Crippen LogP contribution in [-0.2, 0) is 22.4 Å². The summed E-state index contributed by atoms with van der Waals surface area (Å²) in [5, 5.41) is 5.59. The van der Waals surface area contributed by atoms with Crippen molar-refractivity contribution < 1.29 is 19.1 Å². The molecule has 4 rings (SSSR count). The fourth-order valence-corrected chi connectivity index (χ4v) is 5.49. The number of ether oxygens (including phenoxy) is 1. The van der Waals surface area contributed by atoms with Crippen LogP contribution in [0.4, 0.5) is 4.79 Å². The summed E-state index contributed by atoms with van der Waals surface area (Å²) < 4.78 is 7.43. The Kier molecular flexibility index (Phi) is 5.04. The molecular weight excluding hydrogens is 390 g/mol. The lowest BCUT2D eigenvalue weighted by Gasteiger charge is -2.13. The van der Waals surface area contributed by atoms with Crippen LogP contribution in [0.2, 0.25) is 0 Å². The highest BCUT2D eigenvalue weighted by molar-refractivity contribution is 7.15. The van der Waals surface area contributed by atoms with Gasteiger partial charge in [-0.25, -0.2) is 9.59 Å². The van der Waals surface area contributed by atoms with Crippen LogP contribution in [0.15, 0.2) is 11.8 Å². The summed E-state index contributed by atoms with van der Waals surface area (Å²) in [5.41, 5.74) is 4.66. The molecule has 0 aromatic carbocycles. The summed E-state index contributed by atoms with van der Waals surface area (Å²) in [5.74, 6) is -0.727. The highest BCUT2D eigenvalue weighted by atomic mass is 32.1. The summed E-state index contributed by atoms with van der Waals surface area (Å²) >= 11 is 1.65. The second-order valence-electron chi connectivity index (χ2n) is 7.24. The summed E-state index contributed by atoms with van der Waals surface area (Å²) in [7, 11) is 0. The number of fused-ring (bicyclic) bond motifs is 1. The maximum atomic E-state index is 12.8. The fraction of sp³-hybridized carbons (Fsp3) is 0.381. The number of esters is 1. The number of hydrogen-bond acceptors (Lipinski definition) is 5. The molecule has 8 heteroatoms. The van der Waals surface area contributed by atoms with E-state index >= 15 is 0 Å². The molecule has 3 amide bonds. The minimum Gasteiger partial charge on any atom is -0.462 e. The van der Waals surface area contributed by atoms with Gasteiger partial charge in [0, 0.05) is 16.3 Å². The van der Waals surface area contributed by atoms with Gasteiger partial charge >= 0.3 is 12.0 Å². The molecule has 0 radical (unpaired) electrons. The Balaban J connectivity index is 1.84. The first-order valence-corrected chi connectivity index (χ1v) is 10.6. The number of nitrogens with zero attached hydrogens (tertiary/aromatic N) is 1. The number of imide groups is 1. The van der Waals surface area contributed by atoms with E-state index in [1.807, 2.05) is 26.8 Å². The summed E-state index contributed by atoms with van der Waals surface area (Å²) in [6.07, 6.45) is 5.74. The first kappa shape index (κ1) is 19.4. The van der Waals surface area contributed by atoms with Crippen molar-refractivity contribution in [2.24, 2.45) is 0 Å².